The van der Waals surface area contributed by atoms with E-state index in [0.29, 0.717) is 6.04 Å². The number of hydrogen-bond donors (Lipinski definition) is 1. The molecule has 1 rings (SSSR count). The Balaban J connectivity index is 2.50. The molecule has 0 heterocycles. The number of nitrogens with one attached hydrogen (secondary N) is 1. The average Bonchev–Trinajstić information content (AvgIpc) is 2.29. The first-order chi connectivity index (χ1) is 8.49. The van der Waals surface area contributed by atoms with Gasteiger partial charge in [0.2, 0.25) is 0 Å². The van der Waals surface area contributed by atoms with Crippen LogP contribution in [-0.2, 0) is 6.42 Å². The number of rotatable bonds is 6. The molecule has 1 aromatic carbocycles. The Hall–Kier alpha value is -0.670. The molecule has 0 fully saturated rings. The van der Waals surface area contributed by atoms with Crippen LogP contribution in [0, 0.1) is 5.82 Å². The average molecular weight is 314 g/mol. The van der Waals surface area contributed by atoms with Gasteiger partial charge in [-0.15, -0.1) is 0 Å². The third-order valence-corrected chi connectivity index (χ3v) is 3.44. The number of hydrogen-bond acceptors (Lipinski definition) is 1. The van der Waals surface area contributed by atoms with Crippen LogP contribution in [0.5, 0.6) is 0 Å². The van der Waals surface area contributed by atoms with Crippen molar-refractivity contribution < 1.29 is 4.39 Å². The zero-order valence-corrected chi connectivity index (χ0v) is 12.8. The molecule has 0 amide bonds. The summed E-state index contributed by atoms with van der Waals surface area (Å²) in [7, 11) is 0. The SMILES string of the molecule is CC(=CCCNC(C)C)Cc1cc(F)ccc1Br. The van der Waals surface area contributed by atoms with E-state index in [1.807, 2.05) is 0 Å². The molecular weight excluding hydrogens is 293 g/mol. The number of allylic oxidation sites excluding steroid dienone is 1. The molecule has 0 aliphatic rings. The van der Waals surface area contributed by atoms with E-state index >= 15 is 0 Å². The van der Waals surface area contributed by atoms with E-state index in [1.54, 1.807) is 12.1 Å². The van der Waals surface area contributed by atoms with Crippen molar-refractivity contribution in [1.82, 2.24) is 5.32 Å². The van der Waals surface area contributed by atoms with Gasteiger partial charge >= 0.3 is 0 Å². The van der Waals surface area contributed by atoms with E-state index in [1.165, 1.54) is 11.6 Å². The van der Waals surface area contributed by atoms with Gasteiger partial charge in [0.05, 0.1) is 0 Å². The molecule has 1 aromatic rings. The summed E-state index contributed by atoms with van der Waals surface area (Å²) in [6.07, 6.45) is 4.02. The molecule has 0 aliphatic carbocycles. The van der Waals surface area contributed by atoms with E-state index in [4.69, 9.17) is 0 Å². The van der Waals surface area contributed by atoms with Gasteiger partial charge in [0, 0.05) is 10.5 Å². The molecule has 0 aliphatic heterocycles. The minimum absolute atomic E-state index is 0.178. The molecule has 0 spiro atoms. The molecule has 1 nitrogen and oxygen atoms in total. The van der Waals surface area contributed by atoms with Crippen molar-refractivity contribution in [3.63, 3.8) is 0 Å². The highest BCUT2D eigenvalue weighted by Gasteiger charge is 2.02. The molecular formula is C15H21BrFN. The van der Waals surface area contributed by atoms with Crippen LogP contribution in [0.2, 0.25) is 0 Å². The first kappa shape index (κ1) is 15.4. The van der Waals surface area contributed by atoms with Gasteiger partial charge < -0.3 is 5.32 Å². The summed E-state index contributed by atoms with van der Waals surface area (Å²) >= 11 is 3.45. The summed E-state index contributed by atoms with van der Waals surface area (Å²) in [6, 6.07) is 5.35. The minimum Gasteiger partial charge on any atom is -0.314 e. The van der Waals surface area contributed by atoms with Crippen molar-refractivity contribution in [3.05, 3.63) is 45.7 Å². The molecule has 3 heteroatoms. The molecule has 100 valence electrons. The zero-order valence-electron chi connectivity index (χ0n) is 11.3. The van der Waals surface area contributed by atoms with Crippen molar-refractivity contribution in [2.45, 2.75) is 39.7 Å². The fourth-order valence-corrected chi connectivity index (χ4v) is 2.13. The Morgan fingerprint density at radius 1 is 1.44 bits per heavy atom. The first-order valence-corrected chi connectivity index (χ1v) is 7.11. The molecule has 0 aromatic heterocycles. The summed E-state index contributed by atoms with van der Waals surface area (Å²) in [4.78, 5) is 0. The maximum absolute atomic E-state index is 13.1. The summed E-state index contributed by atoms with van der Waals surface area (Å²) in [5.74, 6) is -0.178. The van der Waals surface area contributed by atoms with Gasteiger partial charge in [-0.05, 0) is 50.1 Å². The summed E-state index contributed by atoms with van der Waals surface area (Å²) in [6.45, 7) is 7.35. The largest absolute Gasteiger partial charge is 0.314 e. The van der Waals surface area contributed by atoms with Gasteiger partial charge in [-0.1, -0.05) is 41.4 Å². The lowest BCUT2D eigenvalue weighted by Gasteiger charge is -2.07. The second-order valence-corrected chi connectivity index (χ2v) is 5.71. The van der Waals surface area contributed by atoms with Gasteiger partial charge in [0.1, 0.15) is 5.82 Å². The first-order valence-electron chi connectivity index (χ1n) is 6.32. The number of halogens is 2. The van der Waals surface area contributed by atoms with E-state index in [-0.39, 0.29) is 5.82 Å². The molecule has 0 bridgehead atoms. The Kier molecular flexibility index (Phi) is 6.58. The van der Waals surface area contributed by atoms with E-state index in [9.17, 15) is 4.39 Å². The predicted octanol–water partition coefficient (Wildman–Crippen LogP) is 4.47. The highest BCUT2D eigenvalue weighted by Crippen LogP contribution is 2.20. The Morgan fingerprint density at radius 3 is 2.83 bits per heavy atom. The van der Waals surface area contributed by atoms with Crippen molar-refractivity contribution in [2.24, 2.45) is 0 Å². The highest BCUT2D eigenvalue weighted by atomic mass is 79.9. The number of benzene rings is 1. The van der Waals surface area contributed by atoms with Crippen molar-refractivity contribution in [2.75, 3.05) is 6.54 Å². The van der Waals surface area contributed by atoms with Crippen LogP contribution in [0.3, 0.4) is 0 Å². The third-order valence-electron chi connectivity index (χ3n) is 2.67. The van der Waals surface area contributed by atoms with Crippen LogP contribution in [0.15, 0.2) is 34.3 Å². The normalized spacial score (nSPS) is 12.2. The zero-order chi connectivity index (χ0) is 13.5. The lowest BCUT2D eigenvalue weighted by Crippen LogP contribution is -2.23. The van der Waals surface area contributed by atoms with Crippen LogP contribution >= 0.6 is 15.9 Å². The van der Waals surface area contributed by atoms with Crippen molar-refractivity contribution >= 4 is 15.9 Å². The predicted molar refractivity (Wildman–Crippen MR) is 79.3 cm³/mol. The fraction of sp³-hybridized carbons (Fsp3) is 0.467. The lowest BCUT2D eigenvalue weighted by molar-refractivity contribution is 0.594. The topological polar surface area (TPSA) is 12.0 Å². The van der Waals surface area contributed by atoms with Crippen LogP contribution in [0.4, 0.5) is 4.39 Å². The van der Waals surface area contributed by atoms with Crippen LogP contribution in [-0.4, -0.2) is 12.6 Å². The maximum Gasteiger partial charge on any atom is 0.123 e. The molecule has 0 saturated heterocycles. The van der Waals surface area contributed by atoms with Gasteiger partial charge in [-0.2, -0.15) is 0 Å². The van der Waals surface area contributed by atoms with Crippen LogP contribution in [0.25, 0.3) is 0 Å². The minimum atomic E-state index is -0.178. The third kappa shape index (κ3) is 5.78. The monoisotopic (exact) mass is 313 g/mol. The van der Waals surface area contributed by atoms with Gasteiger partial charge in [-0.25, -0.2) is 4.39 Å². The second-order valence-electron chi connectivity index (χ2n) is 4.86. The Bertz CT molecular complexity index is 413. The van der Waals surface area contributed by atoms with Crippen LogP contribution in [0.1, 0.15) is 32.8 Å². The van der Waals surface area contributed by atoms with Gasteiger partial charge in [0.25, 0.3) is 0 Å². The standard InChI is InChI=1S/C15H21BrFN/c1-11(2)18-8-4-5-12(3)9-13-10-14(17)6-7-15(13)16/h5-7,10-11,18H,4,8-9H2,1-3H3. The molecule has 1 N–H and O–H groups in total. The smallest absolute Gasteiger partial charge is 0.123 e. The highest BCUT2D eigenvalue weighted by molar-refractivity contribution is 9.10. The molecule has 0 radical (unpaired) electrons. The van der Waals surface area contributed by atoms with Crippen LogP contribution < -0.4 is 5.32 Å². The summed E-state index contributed by atoms with van der Waals surface area (Å²) in [5.41, 5.74) is 2.27. The fourth-order valence-electron chi connectivity index (χ4n) is 1.74. The molecule has 18 heavy (non-hydrogen) atoms. The van der Waals surface area contributed by atoms with Crippen molar-refractivity contribution in [1.29, 1.82) is 0 Å². The molecule has 0 unspecified atom stereocenters. The van der Waals surface area contributed by atoms with E-state index < -0.39 is 0 Å². The Morgan fingerprint density at radius 2 is 2.17 bits per heavy atom. The maximum atomic E-state index is 13.1. The van der Waals surface area contributed by atoms with Gasteiger partial charge in [0.15, 0.2) is 0 Å². The van der Waals surface area contributed by atoms with E-state index in [2.05, 4.69) is 48.1 Å². The molecule has 0 saturated carbocycles. The summed E-state index contributed by atoms with van der Waals surface area (Å²) < 4.78 is 14.1. The lowest BCUT2D eigenvalue weighted by atomic mass is 10.1. The van der Waals surface area contributed by atoms with Gasteiger partial charge in [-0.3, -0.25) is 0 Å². The van der Waals surface area contributed by atoms with E-state index in [0.717, 1.165) is 29.4 Å². The quantitative estimate of drug-likeness (QED) is 0.603. The Labute approximate surface area is 118 Å². The molecule has 0 atom stereocenters. The van der Waals surface area contributed by atoms with Crippen molar-refractivity contribution in [3.8, 4) is 0 Å². The summed E-state index contributed by atoms with van der Waals surface area (Å²) in [5, 5.41) is 3.37. The second kappa shape index (κ2) is 7.70.